The van der Waals surface area contributed by atoms with Crippen molar-refractivity contribution in [3.05, 3.63) is 44.7 Å². The zero-order valence-corrected chi connectivity index (χ0v) is 20.5. The van der Waals surface area contributed by atoms with Crippen LogP contribution in [0.1, 0.15) is 37.3 Å². The highest BCUT2D eigenvalue weighted by Crippen LogP contribution is 2.34. The Morgan fingerprint density at radius 2 is 2.27 bits per heavy atom. The maximum absolute atomic E-state index is 13.4. The van der Waals surface area contributed by atoms with Gasteiger partial charge in [0.2, 0.25) is 0 Å². The maximum atomic E-state index is 13.4. The fraction of sp³-hybridized carbons (Fsp3) is 0.478. The van der Waals surface area contributed by atoms with Crippen LogP contribution in [0.5, 0.6) is 0 Å². The van der Waals surface area contributed by atoms with Gasteiger partial charge in [0.05, 0.1) is 23.1 Å². The van der Waals surface area contributed by atoms with Gasteiger partial charge in [0, 0.05) is 32.6 Å². The molecule has 33 heavy (non-hydrogen) atoms. The molecule has 2 saturated heterocycles. The molecule has 1 amide bonds. The first kappa shape index (κ1) is 23.9. The number of thioether (sulfide) groups is 1. The van der Waals surface area contributed by atoms with E-state index in [0.717, 1.165) is 24.8 Å². The minimum atomic E-state index is -0.236. The summed E-state index contributed by atoms with van der Waals surface area (Å²) in [6.07, 6.45) is 5.99. The van der Waals surface area contributed by atoms with Crippen molar-refractivity contribution >= 4 is 51.7 Å². The van der Waals surface area contributed by atoms with Gasteiger partial charge in [-0.25, -0.2) is 4.98 Å². The number of ether oxygens (including phenoxy) is 2. The molecule has 0 aromatic carbocycles. The molecule has 0 spiro atoms. The van der Waals surface area contributed by atoms with E-state index in [1.807, 2.05) is 26.0 Å². The highest BCUT2D eigenvalue weighted by atomic mass is 32.2. The maximum Gasteiger partial charge on any atom is 0.267 e. The summed E-state index contributed by atoms with van der Waals surface area (Å²) in [6.45, 7) is 6.90. The molecule has 2 aliphatic heterocycles. The third-order valence-electron chi connectivity index (χ3n) is 5.61. The molecule has 2 fully saturated rings. The lowest BCUT2D eigenvalue weighted by molar-refractivity contribution is -0.123. The number of carbonyl (C=O) groups is 1. The highest BCUT2D eigenvalue weighted by molar-refractivity contribution is 8.26. The molecule has 1 unspecified atom stereocenters. The monoisotopic (exact) mass is 488 g/mol. The Labute approximate surface area is 202 Å². The van der Waals surface area contributed by atoms with Crippen LogP contribution >= 0.6 is 24.0 Å². The van der Waals surface area contributed by atoms with E-state index < -0.39 is 0 Å². The summed E-state index contributed by atoms with van der Waals surface area (Å²) in [5, 5.41) is 3.27. The molecule has 4 heterocycles. The second kappa shape index (κ2) is 10.8. The lowest BCUT2D eigenvalue weighted by Gasteiger charge is -2.18. The molecule has 0 aliphatic carbocycles. The third kappa shape index (κ3) is 5.29. The molecule has 0 saturated carbocycles. The molecular weight excluding hydrogens is 460 g/mol. The SMILES string of the molecule is CCOCCCNc1nc2c(C)cccn2c(=O)c1/C=C1/SC(=S)N(CC2CCCO2)C1=O. The summed E-state index contributed by atoms with van der Waals surface area (Å²) < 4.78 is 13.1. The van der Waals surface area contributed by atoms with E-state index in [1.54, 1.807) is 17.2 Å². The zero-order valence-electron chi connectivity index (χ0n) is 18.8. The molecule has 8 nitrogen and oxygen atoms in total. The number of aromatic nitrogens is 2. The van der Waals surface area contributed by atoms with Crippen molar-refractivity contribution in [1.29, 1.82) is 0 Å². The van der Waals surface area contributed by atoms with Gasteiger partial charge < -0.3 is 14.8 Å². The Morgan fingerprint density at radius 1 is 1.42 bits per heavy atom. The van der Waals surface area contributed by atoms with Crippen molar-refractivity contribution in [3.63, 3.8) is 0 Å². The first-order valence-electron chi connectivity index (χ1n) is 11.2. The van der Waals surface area contributed by atoms with E-state index in [9.17, 15) is 9.59 Å². The van der Waals surface area contributed by atoms with Crippen LogP contribution in [0.2, 0.25) is 0 Å². The number of nitrogens with one attached hydrogen (secondary N) is 1. The predicted octanol–water partition coefficient (Wildman–Crippen LogP) is 3.22. The Morgan fingerprint density at radius 3 is 3.03 bits per heavy atom. The summed E-state index contributed by atoms with van der Waals surface area (Å²) in [5.74, 6) is 0.256. The van der Waals surface area contributed by atoms with Crippen molar-refractivity contribution in [3.8, 4) is 0 Å². The van der Waals surface area contributed by atoms with Gasteiger partial charge in [-0.3, -0.25) is 18.9 Å². The fourth-order valence-electron chi connectivity index (χ4n) is 3.88. The Hall–Kier alpha value is -2.27. The van der Waals surface area contributed by atoms with Gasteiger partial charge in [-0.1, -0.05) is 30.0 Å². The van der Waals surface area contributed by atoms with Gasteiger partial charge in [0.25, 0.3) is 11.5 Å². The molecule has 2 aromatic rings. The fourth-order valence-corrected chi connectivity index (χ4v) is 5.14. The molecule has 4 rings (SSSR count). The minimum Gasteiger partial charge on any atom is -0.382 e. The summed E-state index contributed by atoms with van der Waals surface area (Å²) in [6, 6.07) is 3.72. The smallest absolute Gasteiger partial charge is 0.267 e. The summed E-state index contributed by atoms with van der Waals surface area (Å²) >= 11 is 6.67. The Kier molecular flexibility index (Phi) is 7.79. The van der Waals surface area contributed by atoms with Crippen molar-refractivity contribution in [1.82, 2.24) is 14.3 Å². The van der Waals surface area contributed by atoms with Crippen LogP contribution in [0.4, 0.5) is 5.82 Å². The van der Waals surface area contributed by atoms with Gasteiger partial charge in [-0.2, -0.15) is 0 Å². The number of hydrogen-bond donors (Lipinski definition) is 1. The van der Waals surface area contributed by atoms with Gasteiger partial charge in [-0.05, 0) is 50.8 Å². The van der Waals surface area contributed by atoms with E-state index in [0.29, 0.717) is 59.2 Å². The molecule has 1 atom stereocenters. The number of pyridine rings is 1. The van der Waals surface area contributed by atoms with Gasteiger partial charge in [0.1, 0.15) is 15.8 Å². The summed E-state index contributed by atoms with van der Waals surface area (Å²) in [7, 11) is 0. The van der Waals surface area contributed by atoms with E-state index in [1.165, 1.54) is 16.2 Å². The van der Waals surface area contributed by atoms with Gasteiger partial charge in [0.15, 0.2) is 0 Å². The largest absolute Gasteiger partial charge is 0.382 e. The lowest BCUT2D eigenvalue weighted by atomic mass is 10.2. The molecule has 1 N–H and O–H groups in total. The highest BCUT2D eigenvalue weighted by Gasteiger charge is 2.35. The second-order valence-electron chi connectivity index (χ2n) is 7.97. The molecule has 2 aromatic heterocycles. The standard InChI is InChI=1S/C23H28N4O4S2/c1-3-30-11-6-9-24-19-17(21(28)26-10-4-7-15(2)20(26)25-19)13-18-22(29)27(23(32)33-18)14-16-8-5-12-31-16/h4,7,10,13,16,24H,3,5-6,8-9,11-12,14H2,1-2H3/b18-13+. The van der Waals surface area contributed by atoms with Crippen LogP contribution in [0, 0.1) is 6.92 Å². The van der Waals surface area contributed by atoms with Crippen molar-refractivity contribution in [2.45, 2.75) is 39.2 Å². The molecular formula is C23H28N4O4S2. The van der Waals surface area contributed by atoms with E-state index in [-0.39, 0.29) is 17.6 Å². The van der Waals surface area contributed by atoms with Gasteiger partial charge >= 0.3 is 0 Å². The molecule has 0 bridgehead atoms. The average Bonchev–Trinajstić information content (AvgIpc) is 3.40. The number of hydrogen-bond acceptors (Lipinski definition) is 8. The van der Waals surface area contributed by atoms with Crippen LogP contribution in [0.3, 0.4) is 0 Å². The number of nitrogens with zero attached hydrogens (tertiary/aromatic N) is 3. The quantitative estimate of drug-likeness (QED) is 0.327. The van der Waals surface area contributed by atoms with Crippen LogP contribution in [0.25, 0.3) is 11.7 Å². The summed E-state index contributed by atoms with van der Waals surface area (Å²) in [5.41, 5.74) is 1.58. The predicted molar refractivity (Wildman–Crippen MR) is 135 cm³/mol. The van der Waals surface area contributed by atoms with Crippen molar-refractivity contribution < 1.29 is 14.3 Å². The number of aryl methyl sites for hydroxylation is 1. The minimum absolute atomic E-state index is 0.00496. The lowest BCUT2D eigenvalue weighted by Crippen LogP contribution is -2.35. The van der Waals surface area contributed by atoms with E-state index in [4.69, 9.17) is 26.7 Å². The van der Waals surface area contributed by atoms with Gasteiger partial charge in [-0.15, -0.1) is 0 Å². The molecule has 10 heteroatoms. The van der Waals surface area contributed by atoms with Crippen LogP contribution < -0.4 is 10.9 Å². The zero-order chi connectivity index (χ0) is 23.4. The average molecular weight is 489 g/mol. The van der Waals surface area contributed by atoms with E-state index in [2.05, 4.69) is 5.32 Å². The van der Waals surface area contributed by atoms with E-state index >= 15 is 0 Å². The first-order chi connectivity index (χ1) is 16.0. The third-order valence-corrected chi connectivity index (χ3v) is 6.98. The number of fused-ring (bicyclic) bond motifs is 1. The van der Waals surface area contributed by atoms with Crippen molar-refractivity contribution in [2.24, 2.45) is 0 Å². The van der Waals surface area contributed by atoms with Crippen LogP contribution in [-0.2, 0) is 14.3 Å². The topological polar surface area (TPSA) is 85.2 Å². The van der Waals surface area contributed by atoms with Crippen LogP contribution in [-0.4, -0.2) is 63.5 Å². The number of carbonyl (C=O) groups excluding carboxylic acids is 1. The molecule has 176 valence electrons. The Bertz CT molecular complexity index is 1140. The number of thiocarbonyl (C=S) groups is 1. The molecule has 2 aliphatic rings. The second-order valence-corrected chi connectivity index (χ2v) is 9.64. The first-order valence-corrected chi connectivity index (χ1v) is 12.4. The number of rotatable bonds is 9. The Balaban J connectivity index is 1.66. The summed E-state index contributed by atoms with van der Waals surface area (Å²) in [4.78, 5) is 33.2. The number of anilines is 1. The number of amides is 1. The molecule has 0 radical (unpaired) electrons. The normalized spacial score (nSPS) is 19.9. The van der Waals surface area contributed by atoms with Crippen molar-refractivity contribution in [2.75, 3.05) is 38.2 Å². The van der Waals surface area contributed by atoms with Crippen LogP contribution in [0.15, 0.2) is 28.0 Å².